The standard InChI is InChI=1S/C31H29F4N/c32-16-5-17-36-20-23(21-36)18-22-12-14-25(15-13-22)30-28-10-2-1-6-24(28)7-4-11-29(30)26-8-3-9-27(19-26)31(33,34)35/h1-3,6,8-10,12-15,18-19H,4-5,7,11,16-17,20-21H2. The fourth-order valence-corrected chi connectivity index (χ4v) is 5.27. The van der Waals surface area contributed by atoms with Crippen molar-refractivity contribution in [3.63, 3.8) is 0 Å². The maximum absolute atomic E-state index is 13.5. The second-order valence-corrected chi connectivity index (χ2v) is 9.62. The smallest absolute Gasteiger partial charge is 0.295 e. The highest BCUT2D eigenvalue weighted by Crippen LogP contribution is 2.41. The molecule has 36 heavy (non-hydrogen) atoms. The van der Waals surface area contributed by atoms with Crippen molar-refractivity contribution >= 4 is 17.2 Å². The number of nitrogens with zero attached hydrogens (tertiary/aromatic N) is 1. The summed E-state index contributed by atoms with van der Waals surface area (Å²) < 4.78 is 52.9. The molecule has 0 saturated carbocycles. The predicted molar refractivity (Wildman–Crippen MR) is 138 cm³/mol. The molecule has 0 bridgehead atoms. The van der Waals surface area contributed by atoms with Gasteiger partial charge < -0.3 is 0 Å². The molecule has 1 aliphatic heterocycles. The van der Waals surface area contributed by atoms with Gasteiger partial charge in [-0.3, -0.25) is 9.29 Å². The predicted octanol–water partition coefficient (Wildman–Crippen LogP) is 8.06. The average Bonchev–Trinajstić information content (AvgIpc) is 3.05. The summed E-state index contributed by atoms with van der Waals surface area (Å²) in [6.45, 7) is 2.26. The Bertz CT molecular complexity index is 1280. The van der Waals surface area contributed by atoms with E-state index >= 15 is 0 Å². The topological polar surface area (TPSA) is 3.24 Å². The van der Waals surface area contributed by atoms with Crippen LogP contribution in [-0.2, 0) is 12.6 Å². The molecule has 0 N–H and O–H groups in total. The Kier molecular flexibility index (Phi) is 7.10. The maximum atomic E-state index is 13.5. The Balaban J connectivity index is 1.52. The van der Waals surface area contributed by atoms with E-state index in [4.69, 9.17) is 0 Å². The molecule has 5 rings (SSSR count). The summed E-state index contributed by atoms with van der Waals surface area (Å²) in [5.74, 6) is 0. The van der Waals surface area contributed by atoms with E-state index in [2.05, 4.69) is 47.4 Å². The Hall–Kier alpha value is -3.18. The van der Waals surface area contributed by atoms with Crippen molar-refractivity contribution in [2.75, 3.05) is 26.3 Å². The van der Waals surface area contributed by atoms with E-state index in [1.54, 1.807) is 6.07 Å². The van der Waals surface area contributed by atoms with Gasteiger partial charge in [-0.25, -0.2) is 0 Å². The molecule has 0 aromatic heterocycles. The van der Waals surface area contributed by atoms with E-state index in [-0.39, 0.29) is 6.67 Å². The van der Waals surface area contributed by atoms with Gasteiger partial charge in [-0.2, -0.15) is 13.2 Å². The largest absolute Gasteiger partial charge is 0.416 e. The number of hydrogen-bond donors (Lipinski definition) is 0. The number of likely N-dealkylation sites (tertiary alicyclic amines) is 1. The fourth-order valence-electron chi connectivity index (χ4n) is 5.27. The minimum absolute atomic E-state index is 0.279. The number of hydrogen-bond acceptors (Lipinski definition) is 1. The third-order valence-electron chi connectivity index (χ3n) is 7.03. The molecule has 0 atom stereocenters. The normalized spacial score (nSPS) is 16.4. The van der Waals surface area contributed by atoms with Crippen molar-refractivity contribution in [2.24, 2.45) is 0 Å². The zero-order valence-corrected chi connectivity index (χ0v) is 20.1. The van der Waals surface area contributed by atoms with Gasteiger partial charge in [-0.05, 0) is 82.4 Å². The van der Waals surface area contributed by atoms with Crippen LogP contribution < -0.4 is 0 Å². The van der Waals surface area contributed by atoms with Crippen molar-refractivity contribution in [3.05, 3.63) is 112 Å². The molecule has 0 amide bonds. The second kappa shape index (κ2) is 10.4. The molecule has 1 saturated heterocycles. The lowest BCUT2D eigenvalue weighted by Gasteiger charge is -2.33. The number of fused-ring (bicyclic) bond motifs is 1. The zero-order chi connectivity index (χ0) is 25.1. The Morgan fingerprint density at radius 2 is 1.61 bits per heavy atom. The Morgan fingerprint density at radius 3 is 2.36 bits per heavy atom. The highest BCUT2D eigenvalue weighted by Gasteiger charge is 2.31. The number of allylic oxidation sites excluding steroid dienone is 1. The van der Waals surface area contributed by atoms with Crippen LogP contribution >= 0.6 is 0 Å². The summed E-state index contributed by atoms with van der Waals surface area (Å²) >= 11 is 0. The van der Waals surface area contributed by atoms with Crippen LogP contribution in [0.3, 0.4) is 0 Å². The maximum Gasteiger partial charge on any atom is 0.416 e. The number of alkyl halides is 4. The van der Waals surface area contributed by atoms with Gasteiger partial charge in [0.15, 0.2) is 0 Å². The van der Waals surface area contributed by atoms with Crippen molar-refractivity contribution in [2.45, 2.75) is 31.9 Å². The lowest BCUT2D eigenvalue weighted by Crippen LogP contribution is -2.40. The van der Waals surface area contributed by atoms with Crippen LogP contribution in [0.4, 0.5) is 17.6 Å². The van der Waals surface area contributed by atoms with Crippen LogP contribution in [0.25, 0.3) is 17.2 Å². The number of benzene rings is 3. The molecule has 1 fully saturated rings. The van der Waals surface area contributed by atoms with Crippen LogP contribution in [0.1, 0.15) is 52.6 Å². The first-order valence-corrected chi connectivity index (χ1v) is 12.5. The Morgan fingerprint density at radius 1 is 0.833 bits per heavy atom. The van der Waals surface area contributed by atoms with Gasteiger partial charge in [0, 0.05) is 19.6 Å². The summed E-state index contributed by atoms with van der Waals surface area (Å²) in [6.07, 6.45) is 0.870. The molecular weight excluding hydrogens is 462 g/mol. The quantitative estimate of drug-likeness (QED) is 0.315. The summed E-state index contributed by atoms with van der Waals surface area (Å²) in [5.41, 5.74) is 7.74. The summed E-state index contributed by atoms with van der Waals surface area (Å²) in [5, 5.41) is 0. The lowest BCUT2D eigenvalue weighted by atomic mass is 9.87. The van der Waals surface area contributed by atoms with E-state index in [0.29, 0.717) is 18.4 Å². The van der Waals surface area contributed by atoms with Crippen LogP contribution in [0.5, 0.6) is 0 Å². The molecule has 1 heterocycles. The van der Waals surface area contributed by atoms with Crippen molar-refractivity contribution in [1.82, 2.24) is 4.90 Å². The molecule has 1 nitrogen and oxygen atoms in total. The van der Waals surface area contributed by atoms with E-state index in [9.17, 15) is 17.6 Å². The molecule has 5 heteroatoms. The summed E-state index contributed by atoms with van der Waals surface area (Å²) in [7, 11) is 0. The first-order chi connectivity index (χ1) is 17.4. The van der Waals surface area contributed by atoms with Crippen LogP contribution in [0, 0.1) is 0 Å². The highest BCUT2D eigenvalue weighted by atomic mass is 19.4. The number of rotatable bonds is 6. The number of halogens is 4. The average molecular weight is 492 g/mol. The molecule has 1 aliphatic carbocycles. The van der Waals surface area contributed by atoms with Crippen molar-refractivity contribution < 1.29 is 17.6 Å². The molecule has 186 valence electrons. The first-order valence-electron chi connectivity index (χ1n) is 12.5. The molecule has 3 aromatic carbocycles. The molecule has 2 aliphatic rings. The van der Waals surface area contributed by atoms with Gasteiger partial charge in [0.1, 0.15) is 0 Å². The zero-order valence-electron chi connectivity index (χ0n) is 20.1. The van der Waals surface area contributed by atoms with Gasteiger partial charge in [-0.15, -0.1) is 0 Å². The first kappa shape index (κ1) is 24.5. The van der Waals surface area contributed by atoms with E-state index < -0.39 is 11.7 Å². The van der Waals surface area contributed by atoms with E-state index in [1.165, 1.54) is 23.3 Å². The highest BCUT2D eigenvalue weighted by molar-refractivity contribution is 6.00. The molecular formula is C31H29F4N. The van der Waals surface area contributed by atoms with Gasteiger partial charge >= 0.3 is 6.18 Å². The fraction of sp³-hybridized carbons (Fsp3) is 0.290. The minimum Gasteiger partial charge on any atom is -0.295 e. The van der Waals surface area contributed by atoms with Gasteiger partial charge in [0.25, 0.3) is 0 Å². The minimum atomic E-state index is -4.38. The van der Waals surface area contributed by atoms with E-state index in [0.717, 1.165) is 66.4 Å². The lowest BCUT2D eigenvalue weighted by molar-refractivity contribution is -0.137. The molecule has 3 aromatic rings. The van der Waals surface area contributed by atoms with Crippen LogP contribution in [-0.4, -0.2) is 31.2 Å². The van der Waals surface area contributed by atoms with Crippen LogP contribution in [0.15, 0.2) is 78.4 Å². The third kappa shape index (κ3) is 5.31. The van der Waals surface area contributed by atoms with Crippen molar-refractivity contribution in [3.8, 4) is 0 Å². The van der Waals surface area contributed by atoms with Crippen LogP contribution in [0.2, 0.25) is 0 Å². The molecule has 0 radical (unpaired) electrons. The molecule has 0 unspecified atom stereocenters. The second-order valence-electron chi connectivity index (χ2n) is 9.62. The monoisotopic (exact) mass is 491 g/mol. The third-order valence-corrected chi connectivity index (χ3v) is 7.03. The van der Waals surface area contributed by atoms with Gasteiger partial charge in [-0.1, -0.05) is 66.7 Å². The van der Waals surface area contributed by atoms with Gasteiger partial charge in [0.2, 0.25) is 0 Å². The molecule has 0 spiro atoms. The summed E-state index contributed by atoms with van der Waals surface area (Å²) in [4.78, 5) is 2.23. The summed E-state index contributed by atoms with van der Waals surface area (Å²) in [6, 6.07) is 22.3. The SMILES string of the molecule is FCCCN1CC(=Cc2ccc(C3=C(c4cccc(C(F)(F)F)c4)CCCc4ccccc43)cc2)C1. The van der Waals surface area contributed by atoms with E-state index in [1.807, 2.05) is 12.1 Å². The van der Waals surface area contributed by atoms with Gasteiger partial charge in [0.05, 0.1) is 12.2 Å². The van der Waals surface area contributed by atoms with Crippen molar-refractivity contribution in [1.29, 1.82) is 0 Å². The Labute approximate surface area is 209 Å². The number of aryl methyl sites for hydroxylation is 1.